The van der Waals surface area contributed by atoms with Crippen LogP contribution in [0.3, 0.4) is 0 Å². The molecule has 0 radical (unpaired) electrons. The highest BCUT2D eigenvalue weighted by atomic mass is 79.9. The van der Waals surface area contributed by atoms with Gasteiger partial charge >= 0.3 is 0 Å². The van der Waals surface area contributed by atoms with E-state index in [0.717, 1.165) is 15.6 Å². The van der Waals surface area contributed by atoms with E-state index in [-0.39, 0.29) is 23.8 Å². The number of anilines is 1. The Bertz CT molecular complexity index is 1310. The zero-order chi connectivity index (χ0) is 26.2. The molecule has 188 valence electrons. The van der Waals surface area contributed by atoms with Crippen molar-refractivity contribution in [3.05, 3.63) is 79.7 Å². The molecule has 0 unspecified atom stereocenters. The number of nitrogens with zero attached hydrogens (tertiary/aromatic N) is 1. The van der Waals surface area contributed by atoms with E-state index < -0.39 is 5.91 Å². The lowest BCUT2D eigenvalue weighted by Gasteiger charge is -2.15. The molecule has 0 aliphatic rings. The van der Waals surface area contributed by atoms with Gasteiger partial charge in [-0.2, -0.15) is 5.10 Å². The highest BCUT2D eigenvalue weighted by molar-refractivity contribution is 9.11. The molecule has 3 N–H and O–H groups in total. The fourth-order valence-electron chi connectivity index (χ4n) is 3.16. The maximum atomic E-state index is 12.5. The molecule has 0 aliphatic carbocycles. The predicted molar refractivity (Wildman–Crippen MR) is 146 cm³/mol. The van der Waals surface area contributed by atoms with Gasteiger partial charge < -0.3 is 19.9 Å². The minimum atomic E-state index is -0.546. The minimum Gasteiger partial charge on any atom is -0.507 e. The predicted octanol–water partition coefficient (Wildman–Crippen LogP) is 5.71. The Morgan fingerprint density at radius 2 is 1.75 bits per heavy atom. The van der Waals surface area contributed by atoms with Gasteiger partial charge in [0, 0.05) is 4.47 Å². The average molecular weight is 619 g/mol. The number of nitrogens with one attached hydrogen (secondary N) is 2. The lowest BCUT2D eigenvalue weighted by molar-refractivity contribution is -0.118. The Morgan fingerprint density at radius 1 is 1.03 bits per heavy atom. The number of carbonyl (C=O) groups is 2. The molecule has 0 atom stereocenters. The Balaban J connectivity index is 1.69. The zero-order valence-electron chi connectivity index (χ0n) is 19.9. The summed E-state index contributed by atoms with van der Waals surface area (Å²) in [6, 6.07) is 13.4. The Labute approximate surface area is 226 Å². The fraction of sp³-hybridized carbons (Fsp3) is 0.192. The van der Waals surface area contributed by atoms with Crippen molar-refractivity contribution in [3.8, 4) is 17.2 Å². The van der Waals surface area contributed by atoms with Crippen molar-refractivity contribution in [2.75, 3.05) is 18.5 Å². The van der Waals surface area contributed by atoms with Gasteiger partial charge in [-0.3, -0.25) is 9.59 Å². The van der Waals surface area contributed by atoms with Crippen LogP contribution in [0.2, 0.25) is 0 Å². The third kappa shape index (κ3) is 7.08. The van der Waals surface area contributed by atoms with Crippen molar-refractivity contribution < 1.29 is 24.2 Å². The molecule has 3 aromatic carbocycles. The van der Waals surface area contributed by atoms with E-state index in [1.807, 2.05) is 32.9 Å². The molecule has 0 spiro atoms. The summed E-state index contributed by atoms with van der Waals surface area (Å²) >= 11 is 6.92. The molecule has 0 bridgehead atoms. The molecule has 2 amide bonds. The lowest BCUT2D eigenvalue weighted by Crippen LogP contribution is -2.21. The van der Waals surface area contributed by atoms with Crippen LogP contribution in [0.15, 0.2) is 62.6 Å². The van der Waals surface area contributed by atoms with Gasteiger partial charge in [0.1, 0.15) is 5.75 Å². The maximum absolute atomic E-state index is 12.5. The van der Waals surface area contributed by atoms with Crippen LogP contribution >= 0.6 is 31.9 Å². The van der Waals surface area contributed by atoms with Crippen LogP contribution in [0.1, 0.15) is 34.0 Å². The van der Waals surface area contributed by atoms with E-state index in [2.05, 4.69) is 47.7 Å². The number of phenolic OH excluding ortho intramolecular Hbond substituents is 1. The Kier molecular flexibility index (Phi) is 9.49. The van der Waals surface area contributed by atoms with E-state index in [4.69, 9.17) is 9.47 Å². The highest BCUT2D eigenvalue weighted by Crippen LogP contribution is 2.36. The molecule has 0 aliphatic heterocycles. The van der Waals surface area contributed by atoms with Crippen LogP contribution in [0, 0.1) is 13.8 Å². The van der Waals surface area contributed by atoms with Crippen molar-refractivity contribution >= 4 is 55.6 Å². The van der Waals surface area contributed by atoms with E-state index in [9.17, 15) is 14.7 Å². The number of aryl methyl sites for hydroxylation is 2. The molecule has 3 aromatic rings. The zero-order valence-corrected chi connectivity index (χ0v) is 23.1. The number of amides is 2. The van der Waals surface area contributed by atoms with Crippen molar-refractivity contribution in [1.82, 2.24) is 5.43 Å². The quantitative estimate of drug-likeness (QED) is 0.210. The first-order valence-corrected chi connectivity index (χ1v) is 12.5. The summed E-state index contributed by atoms with van der Waals surface area (Å²) in [5.41, 5.74) is 5.93. The van der Waals surface area contributed by atoms with Crippen LogP contribution in [0.25, 0.3) is 0 Å². The Hall–Kier alpha value is -3.37. The van der Waals surface area contributed by atoms with E-state index in [1.165, 1.54) is 18.3 Å². The third-order valence-electron chi connectivity index (χ3n) is 5.07. The van der Waals surface area contributed by atoms with Crippen molar-refractivity contribution in [2.24, 2.45) is 5.10 Å². The summed E-state index contributed by atoms with van der Waals surface area (Å²) in [4.78, 5) is 24.7. The van der Waals surface area contributed by atoms with Gasteiger partial charge in [-0.1, -0.05) is 12.1 Å². The molecule has 10 heteroatoms. The van der Waals surface area contributed by atoms with Crippen LogP contribution in [0.4, 0.5) is 5.69 Å². The number of rotatable bonds is 9. The molecule has 8 nitrogen and oxygen atoms in total. The number of phenols is 1. The second kappa shape index (κ2) is 12.5. The van der Waals surface area contributed by atoms with E-state index >= 15 is 0 Å². The number of hydrogen-bond acceptors (Lipinski definition) is 6. The summed E-state index contributed by atoms with van der Waals surface area (Å²) < 4.78 is 12.8. The molecule has 3 rings (SSSR count). The number of hydrazone groups is 1. The van der Waals surface area contributed by atoms with Gasteiger partial charge in [-0.05, 0) is 106 Å². The van der Waals surface area contributed by atoms with Crippen molar-refractivity contribution in [2.45, 2.75) is 20.8 Å². The number of benzene rings is 3. The van der Waals surface area contributed by atoms with Gasteiger partial charge in [0.25, 0.3) is 11.8 Å². The summed E-state index contributed by atoms with van der Waals surface area (Å²) in [6.07, 6.45) is 1.43. The first-order chi connectivity index (χ1) is 17.2. The average Bonchev–Trinajstić information content (AvgIpc) is 2.82. The monoisotopic (exact) mass is 617 g/mol. The van der Waals surface area contributed by atoms with Crippen LogP contribution in [0.5, 0.6) is 17.2 Å². The van der Waals surface area contributed by atoms with Crippen LogP contribution in [-0.4, -0.2) is 36.3 Å². The van der Waals surface area contributed by atoms with Gasteiger partial charge in [0.05, 0.1) is 28.5 Å². The molecule has 0 heterocycles. The normalized spacial score (nSPS) is 10.8. The van der Waals surface area contributed by atoms with E-state index in [1.54, 1.807) is 24.3 Å². The van der Waals surface area contributed by atoms with Gasteiger partial charge in [-0.25, -0.2) is 5.43 Å². The number of ether oxygens (including phenoxy) is 2. The minimum absolute atomic E-state index is 0.112. The topological polar surface area (TPSA) is 109 Å². The number of carbonyl (C=O) groups excluding carboxylic acids is 2. The Morgan fingerprint density at radius 3 is 2.47 bits per heavy atom. The second-order valence-electron chi connectivity index (χ2n) is 7.73. The largest absolute Gasteiger partial charge is 0.507 e. The first-order valence-electron chi connectivity index (χ1n) is 11.0. The summed E-state index contributed by atoms with van der Waals surface area (Å²) in [5, 5.41) is 16.6. The van der Waals surface area contributed by atoms with Gasteiger partial charge in [-0.15, -0.1) is 0 Å². The van der Waals surface area contributed by atoms with Crippen LogP contribution < -0.4 is 20.2 Å². The van der Waals surface area contributed by atoms with Crippen LogP contribution in [-0.2, 0) is 4.79 Å². The fourth-order valence-corrected chi connectivity index (χ4v) is 4.29. The molecular weight excluding hydrogens is 594 g/mol. The highest BCUT2D eigenvalue weighted by Gasteiger charge is 2.15. The molecular formula is C26H25Br2N3O5. The third-order valence-corrected chi connectivity index (χ3v) is 6.31. The van der Waals surface area contributed by atoms with Crippen molar-refractivity contribution in [3.63, 3.8) is 0 Å². The number of para-hydroxylation sites is 1. The second-order valence-corrected chi connectivity index (χ2v) is 9.44. The van der Waals surface area contributed by atoms with Crippen molar-refractivity contribution in [1.29, 1.82) is 0 Å². The van der Waals surface area contributed by atoms with Gasteiger partial charge in [0.2, 0.25) is 0 Å². The molecule has 0 fully saturated rings. The number of aromatic hydroxyl groups is 1. The summed E-state index contributed by atoms with van der Waals surface area (Å²) in [5.74, 6) is -0.246. The summed E-state index contributed by atoms with van der Waals surface area (Å²) in [7, 11) is 0. The molecule has 0 saturated heterocycles. The first kappa shape index (κ1) is 27.2. The van der Waals surface area contributed by atoms with E-state index in [0.29, 0.717) is 33.8 Å². The maximum Gasteiger partial charge on any atom is 0.275 e. The molecule has 0 saturated carbocycles. The lowest BCUT2D eigenvalue weighted by atomic mass is 10.1. The number of hydrogen-bond donors (Lipinski definition) is 3. The molecule has 36 heavy (non-hydrogen) atoms. The smallest absolute Gasteiger partial charge is 0.275 e. The summed E-state index contributed by atoms with van der Waals surface area (Å²) in [6.45, 7) is 5.94. The SMILES string of the molecule is CCOc1cc(/C=N\NC(=O)c2ccccc2O)cc(Br)c1OCC(=O)Nc1cc(C)c(C)cc1Br. The van der Waals surface area contributed by atoms with Gasteiger partial charge in [0.15, 0.2) is 18.1 Å². The standard InChI is InChI=1S/C26H25Br2N3O5/c1-4-35-23-12-17(13-29-31-26(34)18-7-5-6-8-22(18)32)11-20(28)25(23)36-14-24(33)30-21-10-16(3)15(2)9-19(21)27/h5-13,32H,4,14H2,1-3H3,(H,30,33)(H,31,34)/b29-13-. The number of halogens is 2. The molecule has 0 aromatic heterocycles.